The van der Waals surface area contributed by atoms with Gasteiger partial charge in [0.05, 0.1) is 12.7 Å². The lowest BCUT2D eigenvalue weighted by Crippen LogP contribution is -2.24. The summed E-state index contributed by atoms with van der Waals surface area (Å²) in [5.41, 5.74) is 2.45. The minimum atomic E-state index is -0.128. The molecular formula is C15H16N2O2. The van der Waals surface area contributed by atoms with Gasteiger partial charge in [-0.2, -0.15) is 0 Å². The summed E-state index contributed by atoms with van der Waals surface area (Å²) in [6.07, 6.45) is 3.25. The maximum absolute atomic E-state index is 12.0. The van der Waals surface area contributed by atoms with Crippen molar-refractivity contribution in [1.82, 2.24) is 10.3 Å². The molecule has 0 aliphatic rings. The van der Waals surface area contributed by atoms with Crippen LogP contribution >= 0.6 is 0 Å². The molecule has 0 atom stereocenters. The van der Waals surface area contributed by atoms with Crippen molar-refractivity contribution in [2.24, 2.45) is 0 Å². The predicted octanol–water partition coefficient (Wildman–Crippen LogP) is 2.33. The highest BCUT2D eigenvalue weighted by Crippen LogP contribution is 2.17. The van der Waals surface area contributed by atoms with Crippen molar-refractivity contribution in [2.75, 3.05) is 7.11 Å². The standard InChI is InChI=1S/C15H16N2O2/c1-11-7-8-16-10-13(11)15(18)17-9-12-5-3-4-6-14(12)19-2/h3-8,10H,9H2,1-2H3,(H,17,18). The number of carbonyl (C=O) groups excluding carboxylic acids is 1. The Balaban J connectivity index is 2.07. The van der Waals surface area contributed by atoms with E-state index in [2.05, 4.69) is 10.3 Å². The summed E-state index contributed by atoms with van der Waals surface area (Å²) in [7, 11) is 1.62. The molecular weight excluding hydrogens is 240 g/mol. The number of nitrogens with one attached hydrogen (secondary N) is 1. The number of hydrogen-bond donors (Lipinski definition) is 1. The van der Waals surface area contributed by atoms with Crippen molar-refractivity contribution in [3.05, 3.63) is 59.4 Å². The van der Waals surface area contributed by atoms with Gasteiger partial charge >= 0.3 is 0 Å². The van der Waals surface area contributed by atoms with Gasteiger partial charge in [-0.25, -0.2) is 0 Å². The summed E-state index contributed by atoms with van der Waals surface area (Å²) in [6, 6.07) is 9.43. The summed E-state index contributed by atoms with van der Waals surface area (Å²) < 4.78 is 5.24. The van der Waals surface area contributed by atoms with Crippen LogP contribution < -0.4 is 10.1 Å². The van der Waals surface area contributed by atoms with Gasteiger partial charge in [-0.05, 0) is 24.6 Å². The predicted molar refractivity (Wildman–Crippen MR) is 73.1 cm³/mol. The lowest BCUT2D eigenvalue weighted by atomic mass is 10.1. The topological polar surface area (TPSA) is 51.2 Å². The summed E-state index contributed by atoms with van der Waals surface area (Å²) in [5, 5.41) is 2.87. The zero-order valence-corrected chi connectivity index (χ0v) is 11.0. The highest BCUT2D eigenvalue weighted by Gasteiger charge is 2.09. The Kier molecular flexibility index (Phi) is 4.13. The van der Waals surface area contributed by atoms with E-state index in [-0.39, 0.29) is 5.91 Å². The molecule has 19 heavy (non-hydrogen) atoms. The van der Waals surface area contributed by atoms with Crippen LogP contribution in [0.2, 0.25) is 0 Å². The molecule has 0 radical (unpaired) electrons. The van der Waals surface area contributed by atoms with Crippen LogP contribution in [0.25, 0.3) is 0 Å². The molecule has 0 saturated carbocycles. The third kappa shape index (κ3) is 3.10. The van der Waals surface area contributed by atoms with Crippen LogP contribution in [0.4, 0.5) is 0 Å². The van der Waals surface area contributed by atoms with Crippen LogP contribution in [-0.4, -0.2) is 18.0 Å². The Bertz CT molecular complexity index is 582. The number of benzene rings is 1. The zero-order chi connectivity index (χ0) is 13.7. The third-order valence-corrected chi connectivity index (χ3v) is 2.92. The van der Waals surface area contributed by atoms with E-state index in [4.69, 9.17) is 4.74 Å². The Labute approximate surface area is 112 Å². The van der Waals surface area contributed by atoms with Crippen LogP contribution in [0.15, 0.2) is 42.7 Å². The van der Waals surface area contributed by atoms with E-state index in [1.165, 1.54) is 0 Å². The van der Waals surface area contributed by atoms with Gasteiger partial charge in [-0.3, -0.25) is 9.78 Å². The molecule has 1 aromatic heterocycles. The fourth-order valence-electron chi connectivity index (χ4n) is 1.82. The number of ether oxygens (including phenoxy) is 1. The van der Waals surface area contributed by atoms with E-state index < -0.39 is 0 Å². The first-order valence-electron chi connectivity index (χ1n) is 6.03. The summed E-state index contributed by atoms with van der Waals surface area (Å²) in [5.74, 6) is 0.641. The largest absolute Gasteiger partial charge is 0.496 e. The maximum Gasteiger partial charge on any atom is 0.253 e. The van der Waals surface area contributed by atoms with Gasteiger partial charge in [0.1, 0.15) is 5.75 Å². The molecule has 1 N–H and O–H groups in total. The van der Waals surface area contributed by atoms with Gasteiger partial charge in [-0.1, -0.05) is 18.2 Å². The second-order valence-corrected chi connectivity index (χ2v) is 4.19. The Hall–Kier alpha value is -2.36. The molecule has 4 heteroatoms. The number of methoxy groups -OCH3 is 1. The highest BCUT2D eigenvalue weighted by molar-refractivity contribution is 5.95. The van der Waals surface area contributed by atoms with Gasteiger partial charge in [0.25, 0.3) is 5.91 Å². The number of carbonyl (C=O) groups is 1. The van der Waals surface area contributed by atoms with E-state index in [1.54, 1.807) is 19.5 Å². The number of aromatic nitrogens is 1. The van der Waals surface area contributed by atoms with Crippen molar-refractivity contribution >= 4 is 5.91 Å². The van der Waals surface area contributed by atoms with Crippen molar-refractivity contribution in [2.45, 2.75) is 13.5 Å². The summed E-state index contributed by atoms with van der Waals surface area (Å²) in [4.78, 5) is 16.0. The summed E-state index contributed by atoms with van der Waals surface area (Å²) >= 11 is 0. The molecule has 2 rings (SSSR count). The summed E-state index contributed by atoms with van der Waals surface area (Å²) in [6.45, 7) is 2.32. The fraction of sp³-hybridized carbons (Fsp3) is 0.200. The van der Waals surface area contributed by atoms with Gasteiger partial charge < -0.3 is 10.1 Å². The number of pyridine rings is 1. The first-order valence-corrected chi connectivity index (χ1v) is 6.03. The molecule has 0 aliphatic heterocycles. The van der Waals surface area contributed by atoms with Crippen molar-refractivity contribution in [3.8, 4) is 5.75 Å². The van der Waals surface area contributed by atoms with E-state index in [0.29, 0.717) is 12.1 Å². The molecule has 0 bridgehead atoms. The quantitative estimate of drug-likeness (QED) is 0.913. The molecule has 0 fully saturated rings. The van der Waals surface area contributed by atoms with Crippen molar-refractivity contribution < 1.29 is 9.53 Å². The van der Waals surface area contributed by atoms with E-state index in [9.17, 15) is 4.79 Å². The second-order valence-electron chi connectivity index (χ2n) is 4.19. The fourth-order valence-corrected chi connectivity index (χ4v) is 1.82. The number of aryl methyl sites for hydroxylation is 1. The maximum atomic E-state index is 12.0. The number of nitrogens with zero attached hydrogens (tertiary/aromatic N) is 1. The number of para-hydroxylation sites is 1. The third-order valence-electron chi connectivity index (χ3n) is 2.92. The number of rotatable bonds is 4. The number of amides is 1. The molecule has 1 aromatic carbocycles. The lowest BCUT2D eigenvalue weighted by Gasteiger charge is -2.10. The molecule has 98 valence electrons. The van der Waals surface area contributed by atoms with Crippen LogP contribution in [0.1, 0.15) is 21.5 Å². The second kappa shape index (κ2) is 6.00. The van der Waals surface area contributed by atoms with Crippen LogP contribution in [0, 0.1) is 6.92 Å². The Morgan fingerprint density at radius 2 is 2.11 bits per heavy atom. The van der Waals surface area contributed by atoms with Crippen LogP contribution in [0.5, 0.6) is 5.75 Å². The van der Waals surface area contributed by atoms with Gasteiger partial charge in [0, 0.05) is 24.5 Å². The minimum Gasteiger partial charge on any atom is -0.496 e. The lowest BCUT2D eigenvalue weighted by molar-refractivity contribution is 0.0949. The average molecular weight is 256 g/mol. The monoisotopic (exact) mass is 256 g/mol. The molecule has 2 aromatic rings. The van der Waals surface area contributed by atoms with Crippen LogP contribution in [-0.2, 0) is 6.54 Å². The first-order chi connectivity index (χ1) is 9.22. The molecule has 0 unspecified atom stereocenters. The van der Waals surface area contributed by atoms with Crippen molar-refractivity contribution in [3.63, 3.8) is 0 Å². The van der Waals surface area contributed by atoms with E-state index in [1.807, 2.05) is 37.3 Å². The van der Waals surface area contributed by atoms with Gasteiger partial charge in [0.15, 0.2) is 0 Å². The van der Waals surface area contributed by atoms with E-state index in [0.717, 1.165) is 16.9 Å². The molecule has 1 heterocycles. The normalized spacial score (nSPS) is 10.0. The smallest absolute Gasteiger partial charge is 0.253 e. The zero-order valence-electron chi connectivity index (χ0n) is 11.0. The van der Waals surface area contributed by atoms with Crippen molar-refractivity contribution in [1.29, 1.82) is 0 Å². The Morgan fingerprint density at radius 1 is 1.32 bits per heavy atom. The average Bonchev–Trinajstić information content (AvgIpc) is 2.45. The van der Waals surface area contributed by atoms with E-state index >= 15 is 0 Å². The highest BCUT2D eigenvalue weighted by atomic mass is 16.5. The molecule has 0 saturated heterocycles. The first kappa shape index (κ1) is 13.1. The number of hydrogen-bond acceptors (Lipinski definition) is 3. The van der Waals surface area contributed by atoms with Gasteiger partial charge in [0.2, 0.25) is 0 Å². The molecule has 1 amide bonds. The molecule has 4 nitrogen and oxygen atoms in total. The SMILES string of the molecule is COc1ccccc1CNC(=O)c1cnccc1C. The van der Waals surface area contributed by atoms with Gasteiger partial charge in [-0.15, -0.1) is 0 Å². The molecule has 0 aliphatic carbocycles. The Morgan fingerprint density at radius 3 is 2.84 bits per heavy atom. The molecule has 0 spiro atoms. The minimum absolute atomic E-state index is 0.128. The van der Waals surface area contributed by atoms with Crippen LogP contribution in [0.3, 0.4) is 0 Å².